The van der Waals surface area contributed by atoms with Crippen LogP contribution < -0.4 is 15.4 Å². The number of carbonyl (C=O) groups excluding carboxylic acids is 1. The lowest BCUT2D eigenvalue weighted by Gasteiger charge is -2.17. The molecule has 2 heterocycles. The second-order valence-electron chi connectivity index (χ2n) is 6.00. The van der Waals surface area contributed by atoms with Crippen LogP contribution in [0.5, 0.6) is 6.01 Å². The zero-order chi connectivity index (χ0) is 17.8. The van der Waals surface area contributed by atoms with Crippen molar-refractivity contribution in [2.24, 2.45) is 0 Å². The van der Waals surface area contributed by atoms with E-state index in [1.54, 1.807) is 4.90 Å². The fourth-order valence-corrected chi connectivity index (χ4v) is 2.86. The number of hydrogen-bond donors (Lipinski definition) is 1. The van der Waals surface area contributed by atoms with Gasteiger partial charge in [-0.1, -0.05) is 37.6 Å². The molecule has 1 aromatic heterocycles. The average molecular weight is 361 g/mol. The van der Waals surface area contributed by atoms with E-state index >= 15 is 0 Å². The van der Waals surface area contributed by atoms with Crippen LogP contribution in [0.25, 0.3) is 0 Å². The van der Waals surface area contributed by atoms with E-state index in [0.717, 1.165) is 24.0 Å². The molecule has 0 fully saturated rings. The van der Waals surface area contributed by atoms with Crippen LogP contribution in [-0.4, -0.2) is 22.5 Å². The smallest absolute Gasteiger partial charge is 0.320 e. The van der Waals surface area contributed by atoms with E-state index < -0.39 is 0 Å². The van der Waals surface area contributed by atoms with E-state index in [4.69, 9.17) is 22.1 Å². The molecule has 2 N–H and O–H groups in total. The van der Waals surface area contributed by atoms with Crippen LogP contribution >= 0.6 is 11.6 Å². The van der Waals surface area contributed by atoms with Crippen LogP contribution in [0.2, 0.25) is 0 Å². The van der Waals surface area contributed by atoms with Gasteiger partial charge in [0.1, 0.15) is 11.6 Å². The summed E-state index contributed by atoms with van der Waals surface area (Å²) in [6.07, 6.45) is 2.15. The SMILES string of the molecule is CCCCOc1nc(N)c2c(n1)N(Cc1ccc(CCl)cc1)C(=O)C2. The summed E-state index contributed by atoms with van der Waals surface area (Å²) in [5, 5.41) is 0. The average Bonchev–Trinajstić information content (AvgIpc) is 2.93. The number of rotatable bonds is 7. The van der Waals surface area contributed by atoms with Crippen molar-refractivity contribution in [2.45, 2.75) is 38.6 Å². The lowest BCUT2D eigenvalue weighted by molar-refractivity contribution is -0.117. The Balaban J connectivity index is 1.83. The summed E-state index contributed by atoms with van der Waals surface area (Å²) in [4.78, 5) is 22.6. The number of nitrogens with zero attached hydrogens (tertiary/aromatic N) is 3. The van der Waals surface area contributed by atoms with Gasteiger partial charge in [0.15, 0.2) is 0 Å². The number of benzene rings is 1. The molecular formula is C18H21ClN4O2. The maximum absolute atomic E-state index is 12.4. The Kier molecular flexibility index (Phi) is 5.38. The van der Waals surface area contributed by atoms with Crippen molar-refractivity contribution in [1.29, 1.82) is 0 Å². The van der Waals surface area contributed by atoms with Crippen molar-refractivity contribution < 1.29 is 9.53 Å². The minimum absolute atomic E-state index is 0.0388. The maximum atomic E-state index is 12.4. The molecule has 0 saturated heterocycles. The van der Waals surface area contributed by atoms with Crippen LogP contribution in [-0.2, 0) is 23.6 Å². The second-order valence-corrected chi connectivity index (χ2v) is 6.27. The molecule has 25 heavy (non-hydrogen) atoms. The molecule has 6 nitrogen and oxygen atoms in total. The van der Waals surface area contributed by atoms with Gasteiger partial charge in [-0.15, -0.1) is 11.6 Å². The molecular weight excluding hydrogens is 340 g/mol. The Morgan fingerprint density at radius 3 is 2.64 bits per heavy atom. The van der Waals surface area contributed by atoms with Crippen molar-refractivity contribution >= 4 is 29.1 Å². The van der Waals surface area contributed by atoms with E-state index in [2.05, 4.69) is 16.9 Å². The summed E-state index contributed by atoms with van der Waals surface area (Å²) in [6.45, 7) is 3.04. The van der Waals surface area contributed by atoms with Crippen LogP contribution in [0.3, 0.4) is 0 Å². The molecule has 1 aliphatic rings. The van der Waals surface area contributed by atoms with Crippen LogP contribution in [0, 0.1) is 0 Å². The highest BCUT2D eigenvalue weighted by molar-refractivity contribution is 6.17. The highest BCUT2D eigenvalue weighted by Crippen LogP contribution is 2.33. The molecule has 7 heteroatoms. The van der Waals surface area contributed by atoms with Gasteiger partial charge in [0, 0.05) is 11.4 Å². The molecule has 132 valence electrons. The van der Waals surface area contributed by atoms with E-state index in [0.29, 0.717) is 36.2 Å². The van der Waals surface area contributed by atoms with Gasteiger partial charge in [0.2, 0.25) is 5.91 Å². The predicted molar refractivity (Wildman–Crippen MR) is 97.7 cm³/mol. The summed E-state index contributed by atoms with van der Waals surface area (Å²) in [6, 6.07) is 8.06. The fourth-order valence-electron chi connectivity index (χ4n) is 2.68. The first-order valence-corrected chi connectivity index (χ1v) is 8.89. The van der Waals surface area contributed by atoms with Gasteiger partial charge in [0.25, 0.3) is 0 Å². The summed E-state index contributed by atoms with van der Waals surface area (Å²) in [5.41, 5.74) is 8.72. The quantitative estimate of drug-likeness (QED) is 0.606. The zero-order valence-electron chi connectivity index (χ0n) is 14.2. The molecule has 1 amide bonds. The number of anilines is 2. The summed E-state index contributed by atoms with van der Waals surface area (Å²) in [5.74, 6) is 1.28. The van der Waals surface area contributed by atoms with Gasteiger partial charge in [-0.3, -0.25) is 9.69 Å². The number of hydrogen-bond acceptors (Lipinski definition) is 5. The standard InChI is InChI=1S/C18H21ClN4O2/c1-2-3-8-25-18-21-16(20)14-9-15(24)23(17(14)22-18)11-13-6-4-12(10-19)5-7-13/h4-7H,2-3,8-11H2,1H3,(H2,20,21,22). The highest BCUT2D eigenvalue weighted by atomic mass is 35.5. The molecule has 0 spiro atoms. The summed E-state index contributed by atoms with van der Waals surface area (Å²) < 4.78 is 5.56. The predicted octanol–water partition coefficient (Wildman–Crippen LogP) is 3.07. The number of unbranched alkanes of at least 4 members (excludes halogenated alkanes) is 1. The number of nitrogen functional groups attached to an aromatic ring is 1. The first-order valence-electron chi connectivity index (χ1n) is 8.35. The third-order valence-electron chi connectivity index (χ3n) is 4.13. The molecule has 1 aliphatic heterocycles. The summed E-state index contributed by atoms with van der Waals surface area (Å²) in [7, 11) is 0. The molecule has 1 aromatic carbocycles. The third kappa shape index (κ3) is 3.85. The van der Waals surface area contributed by atoms with Crippen molar-refractivity contribution in [3.63, 3.8) is 0 Å². The molecule has 0 radical (unpaired) electrons. The fraction of sp³-hybridized carbons (Fsp3) is 0.389. The first-order chi connectivity index (χ1) is 12.1. The van der Waals surface area contributed by atoms with E-state index in [9.17, 15) is 4.79 Å². The highest BCUT2D eigenvalue weighted by Gasteiger charge is 2.32. The Morgan fingerprint density at radius 1 is 1.24 bits per heavy atom. The summed E-state index contributed by atoms with van der Waals surface area (Å²) >= 11 is 5.82. The number of nitrogens with two attached hydrogens (primary N) is 1. The Bertz CT molecular complexity index is 764. The van der Waals surface area contributed by atoms with Gasteiger partial charge in [-0.05, 0) is 17.5 Å². The lowest BCUT2D eigenvalue weighted by atomic mass is 10.1. The monoisotopic (exact) mass is 360 g/mol. The van der Waals surface area contributed by atoms with Crippen molar-refractivity contribution in [3.8, 4) is 6.01 Å². The Morgan fingerprint density at radius 2 is 1.96 bits per heavy atom. The number of amides is 1. The molecule has 0 saturated carbocycles. The lowest BCUT2D eigenvalue weighted by Crippen LogP contribution is -2.26. The van der Waals surface area contributed by atoms with Gasteiger partial charge < -0.3 is 10.5 Å². The molecule has 0 bridgehead atoms. The maximum Gasteiger partial charge on any atom is 0.320 e. The van der Waals surface area contributed by atoms with E-state index in [1.807, 2.05) is 24.3 Å². The van der Waals surface area contributed by atoms with Crippen LogP contribution in [0.15, 0.2) is 24.3 Å². The Hall–Kier alpha value is -2.34. The number of fused-ring (bicyclic) bond motifs is 1. The van der Waals surface area contributed by atoms with Gasteiger partial charge in [-0.2, -0.15) is 9.97 Å². The minimum atomic E-state index is -0.0388. The molecule has 0 atom stereocenters. The Labute approximate surface area is 152 Å². The third-order valence-corrected chi connectivity index (χ3v) is 4.44. The number of aromatic nitrogens is 2. The largest absolute Gasteiger partial charge is 0.463 e. The van der Waals surface area contributed by atoms with Crippen molar-refractivity contribution in [2.75, 3.05) is 17.2 Å². The van der Waals surface area contributed by atoms with Crippen molar-refractivity contribution in [3.05, 3.63) is 41.0 Å². The van der Waals surface area contributed by atoms with Crippen LogP contribution in [0.1, 0.15) is 36.5 Å². The first kappa shape index (κ1) is 17.5. The molecule has 3 rings (SSSR count). The van der Waals surface area contributed by atoms with Gasteiger partial charge in [-0.25, -0.2) is 0 Å². The molecule has 0 aliphatic carbocycles. The van der Waals surface area contributed by atoms with E-state index in [1.165, 1.54) is 0 Å². The van der Waals surface area contributed by atoms with Gasteiger partial charge >= 0.3 is 6.01 Å². The number of ether oxygens (including phenoxy) is 1. The van der Waals surface area contributed by atoms with E-state index in [-0.39, 0.29) is 18.3 Å². The number of carbonyl (C=O) groups is 1. The molecule has 2 aromatic rings. The topological polar surface area (TPSA) is 81.3 Å². The number of alkyl halides is 1. The molecule has 0 unspecified atom stereocenters. The zero-order valence-corrected chi connectivity index (χ0v) is 14.9. The number of halogens is 1. The normalized spacial score (nSPS) is 13.2. The second kappa shape index (κ2) is 7.70. The van der Waals surface area contributed by atoms with Crippen molar-refractivity contribution in [1.82, 2.24) is 9.97 Å². The van der Waals surface area contributed by atoms with Crippen LogP contribution in [0.4, 0.5) is 11.6 Å². The van der Waals surface area contributed by atoms with Gasteiger partial charge in [0.05, 0.1) is 19.6 Å². The minimum Gasteiger partial charge on any atom is -0.463 e.